The molecule has 0 radical (unpaired) electrons. The number of benzene rings is 1. The molecule has 94 valence electrons. The summed E-state index contributed by atoms with van der Waals surface area (Å²) < 4.78 is 0. The summed E-state index contributed by atoms with van der Waals surface area (Å²) in [5, 5.41) is 0. The van der Waals surface area contributed by atoms with Gasteiger partial charge in [-0.15, -0.1) is 0 Å². The van der Waals surface area contributed by atoms with Crippen molar-refractivity contribution in [1.29, 1.82) is 0 Å². The Hall–Kier alpha value is -1.89. The molecule has 0 aliphatic carbocycles. The summed E-state index contributed by atoms with van der Waals surface area (Å²) >= 11 is 0. The van der Waals surface area contributed by atoms with Crippen LogP contribution < -0.4 is 0 Å². The van der Waals surface area contributed by atoms with Crippen LogP contribution in [0.15, 0.2) is 48.6 Å². The van der Waals surface area contributed by atoms with E-state index < -0.39 is 0 Å². The summed E-state index contributed by atoms with van der Waals surface area (Å²) in [4.78, 5) is 11.2. The molecule has 1 aromatic rings. The average Bonchev–Trinajstić information content (AvgIpc) is 2.35. The maximum Gasteiger partial charge on any atom is 0.150 e. The third kappa shape index (κ3) is 3.30. The van der Waals surface area contributed by atoms with Gasteiger partial charge in [0, 0.05) is 5.56 Å². The van der Waals surface area contributed by atoms with E-state index >= 15 is 0 Å². The first-order valence-corrected chi connectivity index (χ1v) is 6.19. The zero-order valence-electron chi connectivity index (χ0n) is 11.4. The zero-order valence-corrected chi connectivity index (χ0v) is 11.4. The van der Waals surface area contributed by atoms with Crippen LogP contribution in [0.4, 0.5) is 0 Å². The van der Waals surface area contributed by atoms with Gasteiger partial charge in [0.1, 0.15) is 0 Å². The summed E-state index contributed by atoms with van der Waals surface area (Å²) in [7, 11) is 0. The van der Waals surface area contributed by atoms with Gasteiger partial charge in [-0.2, -0.15) is 0 Å². The lowest BCUT2D eigenvalue weighted by Gasteiger charge is -2.12. The molecular formula is C17H20O. The van der Waals surface area contributed by atoms with Crippen LogP contribution in [0, 0.1) is 6.92 Å². The van der Waals surface area contributed by atoms with Gasteiger partial charge >= 0.3 is 0 Å². The van der Waals surface area contributed by atoms with Crippen molar-refractivity contribution >= 4 is 11.9 Å². The number of hydrogen-bond acceptors (Lipinski definition) is 1. The highest BCUT2D eigenvalue weighted by Gasteiger charge is 2.10. The zero-order chi connectivity index (χ0) is 13.5. The standard InChI is InChI=1S/C17H20O/c1-5-6-7-11-16(13(2)3)17-14(4)9-8-10-15(17)12-18/h6-12H,2,5H2,1,3-4H3/b7-6-,16-11+. The maximum absolute atomic E-state index is 11.2. The van der Waals surface area contributed by atoms with Crippen molar-refractivity contribution in [2.45, 2.75) is 27.2 Å². The number of carbonyl (C=O) groups is 1. The highest BCUT2D eigenvalue weighted by molar-refractivity contribution is 5.91. The third-order valence-corrected chi connectivity index (χ3v) is 2.80. The average molecular weight is 240 g/mol. The van der Waals surface area contributed by atoms with Gasteiger partial charge in [0.25, 0.3) is 0 Å². The summed E-state index contributed by atoms with van der Waals surface area (Å²) in [6.07, 6.45) is 8.03. The second kappa shape index (κ2) is 6.75. The molecule has 0 saturated heterocycles. The lowest BCUT2D eigenvalue weighted by Crippen LogP contribution is -1.96. The Morgan fingerprint density at radius 3 is 2.67 bits per heavy atom. The molecule has 0 heterocycles. The number of aryl methyl sites for hydroxylation is 1. The molecular weight excluding hydrogens is 220 g/mol. The number of hydrogen-bond donors (Lipinski definition) is 0. The van der Waals surface area contributed by atoms with Crippen molar-refractivity contribution in [2.24, 2.45) is 0 Å². The monoisotopic (exact) mass is 240 g/mol. The van der Waals surface area contributed by atoms with Gasteiger partial charge in [-0.3, -0.25) is 4.79 Å². The van der Waals surface area contributed by atoms with E-state index in [0.29, 0.717) is 5.56 Å². The molecule has 0 aliphatic rings. The molecule has 0 aliphatic heterocycles. The van der Waals surface area contributed by atoms with Crippen LogP contribution in [0.3, 0.4) is 0 Å². The Labute approximate surface area is 110 Å². The fourth-order valence-electron chi connectivity index (χ4n) is 1.90. The Morgan fingerprint density at radius 2 is 2.11 bits per heavy atom. The van der Waals surface area contributed by atoms with Crippen LogP contribution >= 0.6 is 0 Å². The van der Waals surface area contributed by atoms with Crippen LogP contribution in [0.5, 0.6) is 0 Å². The minimum atomic E-state index is 0.717. The van der Waals surface area contributed by atoms with Crippen molar-refractivity contribution in [2.75, 3.05) is 0 Å². The summed E-state index contributed by atoms with van der Waals surface area (Å²) in [5.74, 6) is 0. The highest BCUT2D eigenvalue weighted by atomic mass is 16.1. The first-order chi connectivity index (χ1) is 8.61. The van der Waals surface area contributed by atoms with E-state index in [0.717, 1.165) is 35.0 Å². The minimum absolute atomic E-state index is 0.717. The van der Waals surface area contributed by atoms with Crippen molar-refractivity contribution in [1.82, 2.24) is 0 Å². The lowest BCUT2D eigenvalue weighted by molar-refractivity contribution is 0.112. The van der Waals surface area contributed by atoms with E-state index in [9.17, 15) is 4.79 Å². The van der Waals surface area contributed by atoms with Crippen molar-refractivity contribution in [3.8, 4) is 0 Å². The molecule has 0 saturated carbocycles. The first-order valence-electron chi connectivity index (χ1n) is 6.19. The van der Waals surface area contributed by atoms with Crippen LogP contribution in [-0.4, -0.2) is 6.29 Å². The van der Waals surface area contributed by atoms with Crippen molar-refractivity contribution < 1.29 is 4.79 Å². The van der Waals surface area contributed by atoms with E-state index in [1.807, 2.05) is 44.2 Å². The molecule has 0 aromatic heterocycles. The molecule has 1 nitrogen and oxygen atoms in total. The van der Waals surface area contributed by atoms with Gasteiger partial charge in [0.05, 0.1) is 0 Å². The highest BCUT2D eigenvalue weighted by Crippen LogP contribution is 2.27. The Kier molecular flexibility index (Phi) is 5.31. The molecule has 1 rings (SSSR count). The molecule has 0 unspecified atom stereocenters. The number of allylic oxidation sites excluding steroid dienone is 5. The molecule has 1 heteroatoms. The van der Waals surface area contributed by atoms with E-state index in [4.69, 9.17) is 0 Å². The molecule has 0 spiro atoms. The summed E-state index contributed by atoms with van der Waals surface area (Å²) in [6.45, 7) is 10.1. The molecule has 0 atom stereocenters. The van der Waals surface area contributed by atoms with Gasteiger partial charge in [-0.05, 0) is 37.0 Å². The fourth-order valence-corrected chi connectivity index (χ4v) is 1.90. The minimum Gasteiger partial charge on any atom is -0.298 e. The Morgan fingerprint density at radius 1 is 1.39 bits per heavy atom. The smallest absolute Gasteiger partial charge is 0.150 e. The van der Waals surface area contributed by atoms with Crippen LogP contribution in [0.25, 0.3) is 5.57 Å². The number of aldehydes is 1. The topological polar surface area (TPSA) is 17.1 Å². The third-order valence-electron chi connectivity index (χ3n) is 2.80. The van der Waals surface area contributed by atoms with Crippen molar-refractivity contribution in [3.63, 3.8) is 0 Å². The van der Waals surface area contributed by atoms with Gasteiger partial charge in [-0.1, -0.05) is 55.5 Å². The predicted molar refractivity (Wildman–Crippen MR) is 78.8 cm³/mol. The number of rotatable bonds is 5. The number of carbonyl (C=O) groups excluding carboxylic acids is 1. The van der Waals surface area contributed by atoms with E-state index in [-0.39, 0.29) is 0 Å². The second-order valence-corrected chi connectivity index (χ2v) is 4.35. The van der Waals surface area contributed by atoms with Crippen LogP contribution in [-0.2, 0) is 0 Å². The summed E-state index contributed by atoms with van der Waals surface area (Å²) in [5.41, 5.74) is 4.79. The molecule has 18 heavy (non-hydrogen) atoms. The van der Waals surface area contributed by atoms with Gasteiger partial charge in [-0.25, -0.2) is 0 Å². The van der Waals surface area contributed by atoms with Gasteiger partial charge in [0.15, 0.2) is 6.29 Å². The van der Waals surface area contributed by atoms with Crippen molar-refractivity contribution in [3.05, 3.63) is 65.3 Å². The van der Waals surface area contributed by atoms with E-state index in [1.54, 1.807) is 0 Å². The largest absolute Gasteiger partial charge is 0.298 e. The first kappa shape index (κ1) is 14.2. The molecule has 0 bridgehead atoms. The molecule has 1 aromatic carbocycles. The summed E-state index contributed by atoms with van der Waals surface area (Å²) in [6, 6.07) is 5.76. The van der Waals surface area contributed by atoms with E-state index in [2.05, 4.69) is 19.6 Å². The Bertz CT molecular complexity index is 504. The van der Waals surface area contributed by atoms with Gasteiger partial charge < -0.3 is 0 Å². The van der Waals surface area contributed by atoms with Crippen LogP contribution in [0.1, 0.15) is 41.8 Å². The molecule has 0 amide bonds. The quantitative estimate of drug-likeness (QED) is 0.537. The van der Waals surface area contributed by atoms with Gasteiger partial charge in [0.2, 0.25) is 0 Å². The molecule has 0 fully saturated rings. The SMILES string of the molecule is C=C(C)/C(=C\C=C/CC)c1c(C)cccc1C=O. The molecule has 0 N–H and O–H groups in total. The second-order valence-electron chi connectivity index (χ2n) is 4.35. The maximum atomic E-state index is 11.2. The predicted octanol–water partition coefficient (Wildman–Crippen LogP) is 4.73. The lowest BCUT2D eigenvalue weighted by atomic mass is 9.91. The normalized spacial score (nSPS) is 11.8. The van der Waals surface area contributed by atoms with Crippen LogP contribution in [0.2, 0.25) is 0 Å². The van der Waals surface area contributed by atoms with E-state index in [1.165, 1.54) is 0 Å². The Balaban J connectivity index is 3.39. The fraction of sp³-hybridized carbons (Fsp3) is 0.235.